The standard InChI is InChI=1S/C18H17NO3/c20-18(10-13-5-6-16-17(9-13)22-12-21-16)19-8-7-14-3-1-2-4-15(14)11-19/h1-6,9H,7-8,10-12H2. The highest BCUT2D eigenvalue weighted by Crippen LogP contribution is 2.32. The minimum absolute atomic E-state index is 0.161. The predicted molar refractivity (Wildman–Crippen MR) is 81.8 cm³/mol. The first kappa shape index (κ1) is 13.2. The second kappa shape index (κ2) is 5.37. The van der Waals surface area contributed by atoms with Gasteiger partial charge < -0.3 is 14.4 Å². The fourth-order valence-electron chi connectivity index (χ4n) is 3.05. The minimum atomic E-state index is 0.161. The molecule has 0 saturated carbocycles. The van der Waals surface area contributed by atoms with E-state index in [0.29, 0.717) is 13.0 Å². The Morgan fingerprint density at radius 3 is 2.77 bits per heavy atom. The molecule has 2 aliphatic rings. The van der Waals surface area contributed by atoms with Crippen LogP contribution in [-0.2, 0) is 24.2 Å². The summed E-state index contributed by atoms with van der Waals surface area (Å²) in [5.74, 6) is 1.64. The van der Waals surface area contributed by atoms with Crippen LogP contribution in [0.2, 0.25) is 0 Å². The Labute approximate surface area is 129 Å². The average Bonchev–Trinajstić information content (AvgIpc) is 3.02. The molecule has 0 N–H and O–H groups in total. The second-order valence-electron chi connectivity index (χ2n) is 5.70. The van der Waals surface area contributed by atoms with Crippen LogP contribution in [0.1, 0.15) is 16.7 Å². The van der Waals surface area contributed by atoms with Gasteiger partial charge in [0.05, 0.1) is 6.42 Å². The third-order valence-electron chi connectivity index (χ3n) is 4.28. The van der Waals surface area contributed by atoms with Crippen LogP contribution in [0.5, 0.6) is 11.5 Å². The molecule has 0 saturated heterocycles. The molecule has 0 atom stereocenters. The number of fused-ring (bicyclic) bond motifs is 2. The van der Waals surface area contributed by atoms with Gasteiger partial charge in [-0.1, -0.05) is 30.3 Å². The van der Waals surface area contributed by atoms with Crippen molar-refractivity contribution in [2.24, 2.45) is 0 Å². The lowest BCUT2D eigenvalue weighted by atomic mass is 9.99. The SMILES string of the molecule is O=C(Cc1ccc2c(c1)OCO2)N1CCc2ccccc2C1. The van der Waals surface area contributed by atoms with Gasteiger partial charge in [0.2, 0.25) is 12.7 Å². The van der Waals surface area contributed by atoms with Gasteiger partial charge in [0.1, 0.15) is 0 Å². The van der Waals surface area contributed by atoms with E-state index >= 15 is 0 Å². The molecule has 0 radical (unpaired) electrons. The lowest BCUT2D eigenvalue weighted by molar-refractivity contribution is -0.131. The summed E-state index contributed by atoms with van der Waals surface area (Å²) in [5.41, 5.74) is 3.58. The van der Waals surface area contributed by atoms with Gasteiger partial charge >= 0.3 is 0 Å². The van der Waals surface area contributed by atoms with E-state index in [1.165, 1.54) is 11.1 Å². The van der Waals surface area contributed by atoms with Crippen LogP contribution in [0, 0.1) is 0 Å². The summed E-state index contributed by atoms with van der Waals surface area (Å²) in [7, 11) is 0. The van der Waals surface area contributed by atoms with Crippen molar-refractivity contribution < 1.29 is 14.3 Å². The number of nitrogens with zero attached hydrogens (tertiary/aromatic N) is 1. The Morgan fingerprint density at radius 1 is 1.05 bits per heavy atom. The van der Waals surface area contributed by atoms with Gasteiger partial charge in [0, 0.05) is 13.1 Å². The molecular weight excluding hydrogens is 278 g/mol. The molecule has 0 aromatic heterocycles. The molecule has 0 spiro atoms. The first-order valence-corrected chi connectivity index (χ1v) is 7.53. The molecule has 0 aliphatic carbocycles. The maximum Gasteiger partial charge on any atom is 0.231 e. The normalized spacial score (nSPS) is 15.5. The summed E-state index contributed by atoms with van der Waals surface area (Å²) in [5, 5.41) is 0. The van der Waals surface area contributed by atoms with E-state index in [-0.39, 0.29) is 12.7 Å². The van der Waals surface area contributed by atoms with E-state index in [1.54, 1.807) is 0 Å². The largest absolute Gasteiger partial charge is 0.454 e. The number of rotatable bonds is 2. The summed E-state index contributed by atoms with van der Waals surface area (Å²) < 4.78 is 10.7. The zero-order chi connectivity index (χ0) is 14.9. The van der Waals surface area contributed by atoms with Crippen molar-refractivity contribution in [3.63, 3.8) is 0 Å². The van der Waals surface area contributed by atoms with Gasteiger partial charge in [-0.25, -0.2) is 0 Å². The molecule has 4 nitrogen and oxygen atoms in total. The van der Waals surface area contributed by atoms with Crippen LogP contribution < -0.4 is 9.47 Å². The van der Waals surface area contributed by atoms with Crippen molar-refractivity contribution in [3.05, 3.63) is 59.2 Å². The maximum absolute atomic E-state index is 12.5. The predicted octanol–water partition coefficient (Wildman–Crippen LogP) is 2.54. The third kappa shape index (κ3) is 2.41. The van der Waals surface area contributed by atoms with Crippen LogP contribution in [0.15, 0.2) is 42.5 Å². The van der Waals surface area contributed by atoms with Crippen LogP contribution in [0.4, 0.5) is 0 Å². The number of carbonyl (C=O) groups excluding carboxylic acids is 1. The van der Waals surface area contributed by atoms with Crippen LogP contribution >= 0.6 is 0 Å². The highest BCUT2D eigenvalue weighted by atomic mass is 16.7. The van der Waals surface area contributed by atoms with Crippen LogP contribution in [0.3, 0.4) is 0 Å². The fraction of sp³-hybridized carbons (Fsp3) is 0.278. The van der Waals surface area contributed by atoms with Crippen molar-refractivity contribution in [2.75, 3.05) is 13.3 Å². The molecule has 1 amide bonds. The Bertz CT molecular complexity index is 726. The zero-order valence-electron chi connectivity index (χ0n) is 12.2. The Kier molecular flexibility index (Phi) is 3.22. The second-order valence-corrected chi connectivity index (χ2v) is 5.70. The molecule has 2 heterocycles. The molecule has 4 heteroatoms. The zero-order valence-corrected chi connectivity index (χ0v) is 12.2. The average molecular weight is 295 g/mol. The molecule has 0 unspecified atom stereocenters. The highest BCUT2D eigenvalue weighted by molar-refractivity contribution is 5.79. The van der Waals surface area contributed by atoms with Gasteiger partial charge in [-0.3, -0.25) is 4.79 Å². The molecule has 0 fully saturated rings. The van der Waals surface area contributed by atoms with Crippen LogP contribution in [-0.4, -0.2) is 24.1 Å². The topological polar surface area (TPSA) is 38.8 Å². The van der Waals surface area contributed by atoms with Gasteiger partial charge in [-0.2, -0.15) is 0 Å². The van der Waals surface area contributed by atoms with Crippen molar-refractivity contribution in [2.45, 2.75) is 19.4 Å². The molecule has 0 bridgehead atoms. The number of benzene rings is 2. The first-order chi connectivity index (χ1) is 10.8. The third-order valence-corrected chi connectivity index (χ3v) is 4.28. The summed E-state index contributed by atoms with van der Waals surface area (Å²) >= 11 is 0. The number of ether oxygens (including phenoxy) is 2. The summed E-state index contributed by atoms with van der Waals surface area (Å²) in [4.78, 5) is 14.5. The van der Waals surface area contributed by atoms with Gasteiger partial charge in [-0.15, -0.1) is 0 Å². The molecule has 4 rings (SSSR count). The van der Waals surface area contributed by atoms with Gasteiger partial charge in [-0.05, 0) is 35.2 Å². The molecule has 2 aromatic carbocycles. The molecule has 112 valence electrons. The summed E-state index contributed by atoms with van der Waals surface area (Å²) in [6, 6.07) is 14.1. The summed E-state index contributed by atoms with van der Waals surface area (Å²) in [6.07, 6.45) is 1.34. The molecular formula is C18H17NO3. The van der Waals surface area contributed by atoms with Crippen molar-refractivity contribution >= 4 is 5.91 Å². The fourth-order valence-corrected chi connectivity index (χ4v) is 3.05. The lowest BCUT2D eigenvalue weighted by Crippen LogP contribution is -2.36. The molecule has 22 heavy (non-hydrogen) atoms. The van der Waals surface area contributed by atoms with E-state index in [4.69, 9.17) is 9.47 Å². The monoisotopic (exact) mass is 295 g/mol. The van der Waals surface area contributed by atoms with E-state index < -0.39 is 0 Å². The van der Waals surface area contributed by atoms with Crippen LogP contribution in [0.25, 0.3) is 0 Å². The smallest absolute Gasteiger partial charge is 0.231 e. The number of hydrogen-bond acceptors (Lipinski definition) is 3. The number of amides is 1. The van der Waals surface area contributed by atoms with Crippen molar-refractivity contribution in [1.29, 1.82) is 0 Å². The minimum Gasteiger partial charge on any atom is -0.454 e. The summed E-state index contributed by atoms with van der Waals surface area (Å²) in [6.45, 7) is 1.76. The Morgan fingerprint density at radius 2 is 1.86 bits per heavy atom. The van der Waals surface area contributed by atoms with Gasteiger partial charge in [0.15, 0.2) is 11.5 Å². The van der Waals surface area contributed by atoms with Crippen molar-refractivity contribution in [3.8, 4) is 11.5 Å². The van der Waals surface area contributed by atoms with E-state index in [9.17, 15) is 4.79 Å². The molecule has 2 aliphatic heterocycles. The first-order valence-electron chi connectivity index (χ1n) is 7.53. The quantitative estimate of drug-likeness (QED) is 0.854. The molecule has 2 aromatic rings. The van der Waals surface area contributed by atoms with Crippen molar-refractivity contribution in [1.82, 2.24) is 4.90 Å². The van der Waals surface area contributed by atoms with Gasteiger partial charge in [0.25, 0.3) is 0 Å². The maximum atomic E-state index is 12.5. The van der Waals surface area contributed by atoms with E-state index in [2.05, 4.69) is 18.2 Å². The van der Waals surface area contributed by atoms with E-state index in [0.717, 1.165) is 30.0 Å². The Balaban J connectivity index is 1.47. The Hall–Kier alpha value is -2.49. The number of hydrogen-bond donors (Lipinski definition) is 0. The number of carbonyl (C=O) groups is 1. The lowest BCUT2D eigenvalue weighted by Gasteiger charge is -2.29. The highest BCUT2D eigenvalue weighted by Gasteiger charge is 2.21. The van der Waals surface area contributed by atoms with E-state index in [1.807, 2.05) is 29.2 Å².